The highest BCUT2D eigenvalue weighted by Gasteiger charge is 2.58. The second-order valence-corrected chi connectivity index (χ2v) is 21.8. The Hall–Kier alpha value is -2.99. The summed E-state index contributed by atoms with van der Waals surface area (Å²) < 4.78 is 13.6. The molecule has 0 saturated heterocycles. The number of rotatable bonds is 11. The molecule has 3 aliphatic carbocycles. The van der Waals surface area contributed by atoms with Crippen molar-refractivity contribution in [1.82, 2.24) is 0 Å². The molecule has 3 aromatic carbocycles. The van der Waals surface area contributed by atoms with E-state index >= 15 is 0 Å². The molecule has 0 bridgehead atoms. The Kier molecular flexibility index (Phi) is 11.0. The lowest BCUT2D eigenvalue weighted by Crippen LogP contribution is -2.57. The van der Waals surface area contributed by atoms with Gasteiger partial charge in [0.15, 0.2) is 0 Å². The smallest absolute Gasteiger partial charge is 0.302 e. The molecular formula is C45H60O4Si. The van der Waals surface area contributed by atoms with Crippen LogP contribution in [0.15, 0.2) is 97.1 Å². The number of aliphatic hydroxyl groups excluding tert-OH is 1. The van der Waals surface area contributed by atoms with Gasteiger partial charge in [0.1, 0.15) is 0 Å². The number of hydrogen-bond donors (Lipinski definition) is 1. The summed E-state index contributed by atoms with van der Waals surface area (Å²) in [6, 6.07) is 34.6. The summed E-state index contributed by atoms with van der Waals surface area (Å²) in [6.07, 6.45) is 8.64. The van der Waals surface area contributed by atoms with Gasteiger partial charge in [0.05, 0.1) is 6.61 Å². The standard InChI is InChI=1S/C45H60O4Si/c1-33(47)48-30-37-28-38(49-50(43(2,3)4,31-34-16-10-7-11-17-34)32-35-18-12-8-13-19-35)24-26-44(37,5)42-25-27-45(6)40(36-20-14-9-15-21-36)22-23-41(45)39(42)29-46/h7-22,37-39,41-42,46H,23-32H2,1-6H3/t37-,38+,39+,41+,42+,44+,45-/m1/s1. The maximum absolute atomic E-state index is 12.3. The van der Waals surface area contributed by atoms with Crippen LogP contribution >= 0.6 is 0 Å². The summed E-state index contributed by atoms with van der Waals surface area (Å²) in [5.41, 5.74) is 5.46. The molecule has 0 spiro atoms. The van der Waals surface area contributed by atoms with Crippen molar-refractivity contribution in [2.45, 2.75) is 103 Å². The third kappa shape index (κ3) is 7.34. The van der Waals surface area contributed by atoms with Crippen molar-refractivity contribution < 1.29 is 19.1 Å². The number of allylic oxidation sites excluding steroid dienone is 2. The third-order valence-electron chi connectivity index (χ3n) is 13.6. The van der Waals surface area contributed by atoms with E-state index in [0.29, 0.717) is 18.4 Å². The van der Waals surface area contributed by atoms with Gasteiger partial charge in [-0.25, -0.2) is 0 Å². The number of hydrogen-bond acceptors (Lipinski definition) is 4. The van der Waals surface area contributed by atoms with Crippen LogP contribution in [0, 0.1) is 34.5 Å². The van der Waals surface area contributed by atoms with Crippen molar-refractivity contribution in [3.63, 3.8) is 0 Å². The average molecular weight is 693 g/mol. The Bertz CT molecular complexity index is 1560. The summed E-state index contributed by atoms with van der Waals surface area (Å²) in [6.45, 7) is 14.2. The van der Waals surface area contributed by atoms with Gasteiger partial charge >= 0.3 is 5.97 Å². The zero-order valence-corrected chi connectivity index (χ0v) is 32.4. The molecule has 7 atom stereocenters. The number of carbonyl (C=O) groups is 1. The van der Waals surface area contributed by atoms with E-state index in [1.54, 1.807) is 0 Å². The maximum Gasteiger partial charge on any atom is 0.302 e. The maximum atomic E-state index is 12.3. The molecule has 0 amide bonds. The first-order chi connectivity index (χ1) is 23.9. The van der Waals surface area contributed by atoms with E-state index in [1.807, 2.05) is 0 Å². The molecule has 3 aromatic rings. The molecule has 50 heavy (non-hydrogen) atoms. The van der Waals surface area contributed by atoms with E-state index < -0.39 is 8.32 Å². The lowest BCUT2D eigenvalue weighted by Gasteiger charge is -2.57. The van der Waals surface area contributed by atoms with Crippen LogP contribution in [0.3, 0.4) is 0 Å². The summed E-state index contributed by atoms with van der Waals surface area (Å²) in [5, 5.41) is 11.2. The van der Waals surface area contributed by atoms with Crippen molar-refractivity contribution in [2.24, 2.45) is 34.5 Å². The minimum atomic E-state index is -2.47. The number of benzene rings is 3. The van der Waals surface area contributed by atoms with E-state index in [9.17, 15) is 9.90 Å². The van der Waals surface area contributed by atoms with E-state index in [-0.39, 0.29) is 46.4 Å². The molecule has 0 aliphatic heterocycles. The average Bonchev–Trinajstić information content (AvgIpc) is 3.45. The molecular weight excluding hydrogens is 633 g/mol. The summed E-state index contributed by atoms with van der Waals surface area (Å²) in [4.78, 5) is 12.3. The fourth-order valence-electron chi connectivity index (χ4n) is 10.5. The Morgan fingerprint density at radius 2 is 1.42 bits per heavy atom. The molecule has 2 fully saturated rings. The summed E-state index contributed by atoms with van der Waals surface area (Å²) >= 11 is 0. The first-order valence-corrected chi connectivity index (χ1v) is 21.5. The number of aliphatic hydroxyl groups is 1. The number of ether oxygens (including phenoxy) is 1. The van der Waals surface area contributed by atoms with E-state index in [1.165, 1.54) is 29.2 Å². The SMILES string of the molecule is CC(=O)OC[C@H]1C[C@@H](O[Si](Cc2ccccc2)(Cc2ccccc2)C(C)(C)C)CC[C@]1(C)[C@H]1CC[C@]2(C)C(c3ccccc3)=CC[C@H]2[C@@H]1CO. The fraction of sp³-hybridized carbons (Fsp3) is 0.533. The zero-order valence-electron chi connectivity index (χ0n) is 31.4. The molecule has 4 nitrogen and oxygen atoms in total. The minimum Gasteiger partial charge on any atom is -0.466 e. The first kappa shape index (κ1) is 36.8. The topological polar surface area (TPSA) is 55.8 Å². The Balaban J connectivity index is 1.29. The van der Waals surface area contributed by atoms with Gasteiger partial charge in [0.2, 0.25) is 8.32 Å². The highest BCUT2D eigenvalue weighted by Crippen LogP contribution is 2.64. The molecule has 0 heterocycles. The quantitative estimate of drug-likeness (QED) is 0.161. The summed E-state index contributed by atoms with van der Waals surface area (Å²) in [5.74, 6) is 0.905. The van der Waals surface area contributed by atoms with Crippen LogP contribution < -0.4 is 0 Å². The van der Waals surface area contributed by atoms with Crippen molar-refractivity contribution in [1.29, 1.82) is 0 Å². The van der Waals surface area contributed by atoms with Crippen molar-refractivity contribution in [3.05, 3.63) is 114 Å². The Morgan fingerprint density at radius 1 is 0.840 bits per heavy atom. The predicted octanol–water partition coefficient (Wildman–Crippen LogP) is 10.2. The number of esters is 1. The van der Waals surface area contributed by atoms with Gasteiger partial charge in [0, 0.05) is 25.6 Å². The van der Waals surface area contributed by atoms with Crippen molar-refractivity contribution in [3.8, 4) is 0 Å². The van der Waals surface area contributed by atoms with Crippen LogP contribution in [0.25, 0.3) is 5.57 Å². The molecule has 1 N–H and O–H groups in total. The van der Waals surface area contributed by atoms with Gasteiger partial charge in [-0.3, -0.25) is 4.79 Å². The van der Waals surface area contributed by atoms with Gasteiger partial charge in [-0.05, 0) is 106 Å². The third-order valence-corrected chi connectivity index (χ3v) is 19.0. The molecule has 5 heteroatoms. The van der Waals surface area contributed by atoms with E-state index in [4.69, 9.17) is 9.16 Å². The van der Waals surface area contributed by atoms with Gasteiger partial charge in [-0.15, -0.1) is 0 Å². The van der Waals surface area contributed by atoms with Gasteiger partial charge in [-0.2, -0.15) is 0 Å². The molecule has 0 radical (unpaired) electrons. The minimum absolute atomic E-state index is 0.00738. The molecule has 3 aliphatic rings. The zero-order chi connectivity index (χ0) is 35.6. The highest BCUT2D eigenvalue weighted by molar-refractivity contribution is 6.75. The van der Waals surface area contributed by atoms with Crippen molar-refractivity contribution in [2.75, 3.05) is 13.2 Å². The monoisotopic (exact) mass is 692 g/mol. The first-order valence-electron chi connectivity index (χ1n) is 19.1. The molecule has 268 valence electrons. The van der Waals surface area contributed by atoms with Gasteiger partial charge in [0.25, 0.3) is 0 Å². The fourth-order valence-corrected chi connectivity index (χ4v) is 14.8. The lowest BCUT2D eigenvalue weighted by atomic mass is 9.49. The second kappa shape index (κ2) is 14.9. The number of fused-ring (bicyclic) bond motifs is 1. The lowest BCUT2D eigenvalue weighted by molar-refractivity contribution is -0.150. The van der Waals surface area contributed by atoms with Crippen molar-refractivity contribution >= 4 is 19.9 Å². The molecule has 0 aromatic heterocycles. The Labute approximate surface area is 302 Å². The second-order valence-electron chi connectivity index (χ2n) is 17.3. The number of carbonyl (C=O) groups excluding carboxylic acids is 1. The van der Waals surface area contributed by atoms with Crippen LogP contribution in [-0.4, -0.2) is 38.7 Å². The predicted molar refractivity (Wildman–Crippen MR) is 207 cm³/mol. The summed E-state index contributed by atoms with van der Waals surface area (Å²) in [7, 11) is -2.47. The van der Waals surface area contributed by atoms with Crippen LogP contribution in [0.2, 0.25) is 5.04 Å². The normalized spacial score (nSPS) is 30.0. The van der Waals surface area contributed by atoms with Gasteiger partial charge in [-0.1, -0.05) is 132 Å². The molecule has 2 saturated carbocycles. The van der Waals surface area contributed by atoms with E-state index in [0.717, 1.165) is 50.6 Å². The highest BCUT2D eigenvalue weighted by atomic mass is 28.4. The van der Waals surface area contributed by atoms with Crippen LogP contribution in [0.4, 0.5) is 0 Å². The van der Waals surface area contributed by atoms with Crippen LogP contribution in [-0.2, 0) is 26.0 Å². The van der Waals surface area contributed by atoms with Crippen LogP contribution in [0.5, 0.6) is 0 Å². The largest absolute Gasteiger partial charge is 0.466 e. The molecule has 6 rings (SSSR count). The van der Waals surface area contributed by atoms with E-state index in [2.05, 4.69) is 132 Å². The van der Waals surface area contributed by atoms with Crippen LogP contribution in [0.1, 0.15) is 96.8 Å². The molecule has 0 unspecified atom stereocenters. The Morgan fingerprint density at radius 3 is 1.96 bits per heavy atom. The van der Waals surface area contributed by atoms with Gasteiger partial charge < -0.3 is 14.3 Å².